The van der Waals surface area contributed by atoms with Gasteiger partial charge in [-0.05, 0) is 50.7 Å². The zero-order valence-electron chi connectivity index (χ0n) is 16.1. The number of carbonyl (C=O) groups excluding carboxylic acids is 2. The molecule has 1 heterocycles. The fraction of sp³-hybridized carbons (Fsp3) is 0.619. The van der Waals surface area contributed by atoms with Crippen molar-refractivity contribution >= 4 is 23.2 Å². The predicted octanol–water partition coefficient (Wildman–Crippen LogP) is 4.37. The third-order valence-electron chi connectivity index (χ3n) is 5.75. The van der Waals surface area contributed by atoms with Gasteiger partial charge in [0.1, 0.15) is 5.75 Å². The van der Waals surface area contributed by atoms with Gasteiger partial charge in [0.2, 0.25) is 5.91 Å². The van der Waals surface area contributed by atoms with E-state index >= 15 is 0 Å². The number of benzene rings is 1. The summed E-state index contributed by atoms with van der Waals surface area (Å²) in [7, 11) is 1.75. The molecule has 1 atom stereocenters. The number of amides is 2. The monoisotopic (exact) mass is 358 g/mol. The van der Waals surface area contributed by atoms with E-state index in [1.807, 2.05) is 18.2 Å². The molecule has 1 fully saturated rings. The maximum atomic E-state index is 12.6. The molecule has 142 valence electrons. The summed E-state index contributed by atoms with van der Waals surface area (Å²) in [5, 5.41) is 3.04. The number of hydrogen-bond donors (Lipinski definition) is 1. The first-order chi connectivity index (χ1) is 12.5. The average Bonchev–Trinajstić information content (AvgIpc) is 2.65. The Balaban J connectivity index is 1.59. The van der Waals surface area contributed by atoms with Crippen LogP contribution < -0.4 is 15.0 Å². The Morgan fingerprint density at radius 1 is 1.27 bits per heavy atom. The summed E-state index contributed by atoms with van der Waals surface area (Å²) in [5.41, 5.74) is 1.47. The molecule has 5 nitrogen and oxygen atoms in total. The van der Waals surface area contributed by atoms with E-state index in [9.17, 15) is 9.59 Å². The molecule has 1 unspecified atom stereocenters. The highest BCUT2D eigenvalue weighted by Crippen LogP contribution is 2.36. The van der Waals surface area contributed by atoms with Crippen molar-refractivity contribution in [1.29, 1.82) is 0 Å². The van der Waals surface area contributed by atoms with Crippen molar-refractivity contribution in [2.24, 2.45) is 11.8 Å². The van der Waals surface area contributed by atoms with E-state index in [0.717, 1.165) is 43.0 Å². The molecule has 0 bridgehead atoms. The largest absolute Gasteiger partial charge is 0.479 e. The highest BCUT2D eigenvalue weighted by atomic mass is 16.5. The lowest BCUT2D eigenvalue weighted by Crippen LogP contribution is -2.41. The second-order valence-corrected chi connectivity index (χ2v) is 7.69. The minimum Gasteiger partial charge on any atom is -0.479 e. The molecule has 2 amide bonds. The molecule has 1 aromatic carbocycles. The molecule has 0 radical (unpaired) electrons. The van der Waals surface area contributed by atoms with E-state index in [0.29, 0.717) is 5.75 Å². The van der Waals surface area contributed by atoms with Gasteiger partial charge < -0.3 is 15.0 Å². The van der Waals surface area contributed by atoms with Crippen LogP contribution in [-0.2, 0) is 9.59 Å². The first-order valence-corrected chi connectivity index (χ1v) is 9.88. The van der Waals surface area contributed by atoms with Crippen LogP contribution in [0.2, 0.25) is 0 Å². The Kier molecular flexibility index (Phi) is 5.84. The molecule has 5 heteroatoms. The van der Waals surface area contributed by atoms with E-state index in [1.165, 1.54) is 19.3 Å². The van der Waals surface area contributed by atoms with Crippen LogP contribution in [0.5, 0.6) is 5.75 Å². The summed E-state index contributed by atoms with van der Waals surface area (Å²) in [4.78, 5) is 26.2. The highest BCUT2D eigenvalue weighted by Gasteiger charge is 2.30. The maximum Gasteiger partial charge on any atom is 0.267 e. The van der Waals surface area contributed by atoms with E-state index in [4.69, 9.17) is 4.74 Å². The van der Waals surface area contributed by atoms with Crippen molar-refractivity contribution in [3.63, 3.8) is 0 Å². The maximum absolute atomic E-state index is 12.6. The first kappa shape index (κ1) is 18.7. The number of likely N-dealkylation sites (N-methyl/N-ethyl adjacent to an activating group) is 1. The Bertz CT molecular complexity index is 665. The van der Waals surface area contributed by atoms with E-state index in [2.05, 4.69) is 12.2 Å². The predicted molar refractivity (Wildman–Crippen MR) is 104 cm³/mol. The topological polar surface area (TPSA) is 58.6 Å². The van der Waals surface area contributed by atoms with Crippen molar-refractivity contribution < 1.29 is 14.3 Å². The van der Waals surface area contributed by atoms with Gasteiger partial charge in [-0.1, -0.05) is 26.2 Å². The normalized spacial score (nSPS) is 25.4. The van der Waals surface area contributed by atoms with Crippen LogP contribution in [0.1, 0.15) is 58.8 Å². The van der Waals surface area contributed by atoms with E-state index in [-0.39, 0.29) is 17.7 Å². The number of nitrogens with zero attached hydrogens (tertiary/aromatic N) is 1. The molecule has 3 rings (SSSR count). The lowest BCUT2D eigenvalue weighted by Gasteiger charge is -2.31. The third kappa shape index (κ3) is 4.02. The molecular weight excluding hydrogens is 328 g/mol. The molecule has 1 aromatic rings. The van der Waals surface area contributed by atoms with Gasteiger partial charge in [-0.2, -0.15) is 0 Å². The van der Waals surface area contributed by atoms with Gasteiger partial charge in [-0.15, -0.1) is 0 Å². The number of anilines is 2. The molecular formula is C21H30N2O3. The van der Waals surface area contributed by atoms with Crippen molar-refractivity contribution in [2.45, 2.75) is 64.9 Å². The van der Waals surface area contributed by atoms with Gasteiger partial charge in [-0.3, -0.25) is 9.59 Å². The number of rotatable bonds is 5. The summed E-state index contributed by atoms with van der Waals surface area (Å²) in [5.74, 6) is 1.58. The van der Waals surface area contributed by atoms with E-state index < -0.39 is 6.10 Å². The van der Waals surface area contributed by atoms with Crippen LogP contribution in [0.25, 0.3) is 0 Å². The summed E-state index contributed by atoms with van der Waals surface area (Å²) >= 11 is 0. The third-order valence-corrected chi connectivity index (χ3v) is 5.75. The Morgan fingerprint density at radius 3 is 2.69 bits per heavy atom. The van der Waals surface area contributed by atoms with Crippen molar-refractivity contribution in [3.8, 4) is 5.75 Å². The van der Waals surface area contributed by atoms with Crippen LogP contribution in [0.4, 0.5) is 11.4 Å². The fourth-order valence-corrected chi connectivity index (χ4v) is 4.05. The number of fused-ring (bicyclic) bond motifs is 1. The molecule has 1 saturated carbocycles. The molecule has 0 spiro atoms. The SMILES string of the molecule is CCCCC1CCC(C(=O)Nc2ccc3c(c2)OC(C)C(=O)N3C)CC1. The quantitative estimate of drug-likeness (QED) is 0.850. The van der Waals surface area contributed by atoms with Crippen LogP contribution in [0.3, 0.4) is 0 Å². The van der Waals surface area contributed by atoms with Gasteiger partial charge in [-0.25, -0.2) is 0 Å². The lowest BCUT2D eigenvalue weighted by atomic mass is 9.79. The minimum absolute atomic E-state index is 0.0610. The first-order valence-electron chi connectivity index (χ1n) is 9.88. The lowest BCUT2D eigenvalue weighted by molar-refractivity contribution is -0.125. The molecule has 26 heavy (non-hydrogen) atoms. The molecule has 2 aliphatic rings. The smallest absolute Gasteiger partial charge is 0.267 e. The van der Waals surface area contributed by atoms with Crippen LogP contribution in [0, 0.1) is 11.8 Å². The van der Waals surface area contributed by atoms with Crippen molar-refractivity contribution in [1.82, 2.24) is 0 Å². The number of carbonyl (C=O) groups is 2. The van der Waals surface area contributed by atoms with Crippen LogP contribution in [0.15, 0.2) is 18.2 Å². The van der Waals surface area contributed by atoms with Crippen molar-refractivity contribution in [2.75, 3.05) is 17.3 Å². The van der Waals surface area contributed by atoms with Gasteiger partial charge in [0.05, 0.1) is 5.69 Å². The van der Waals surface area contributed by atoms with Crippen LogP contribution >= 0.6 is 0 Å². The summed E-state index contributed by atoms with van der Waals surface area (Å²) in [6.07, 6.45) is 7.64. The fourth-order valence-electron chi connectivity index (χ4n) is 4.05. The summed E-state index contributed by atoms with van der Waals surface area (Å²) in [6.45, 7) is 3.97. The van der Waals surface area contributed by atoms with Gasteiger partial charge in [0.25, 0.3) is 5.91 Å². The Morgan fingerprint density at radius 2 is 2.00 bits per heavy atom. The van der Waals surface area contributed by atoms with Crippen molar-refractivity contribution in [3.05, 3.63) is 18.2 Å². The molecule has 1 aliphatic carbocycles. The second kappa shape index (κ2) is 8.11. The Labute approximate surface area is 156 Å². The standard InChI is InChI=1S/C21H30N2O3/c1-4-5-6-15-7-9-16(10-8-15)20(24)22-17-11-12-18-19(13-17)26-14(2)21(25)23(18)3/h11-16H,4-10H2,1-3H3,(H,22,24). The number of ether oxygens (including phenoxy) is 1. The zero-order valence-corrected chi connectivity index (χ0v) is 16.1. The highest BCUT2D eigenvalue weighted by molar-refractivity contribution is 6.00. The van der Waals surface area contributed by atoms with Crippen LogP contribution in [-0.4, -0.2) is 25.0 Å². The van der Waals surface area contributed by atoms with E-state index in [1.54, 1.807) is 18.9 Å². The van der Waals surface area contributed by atoms with Gasteiger partial charge >= 0.3 is 0 Å². The van der Waals surface area contributed by atoms with Gasteiger partial charge in [0, 0.05) is 24.7 Å². The summed E-state index contributed by atoms with van der Waals surface area (Å²) < 4.78 is 5.69. The number of hydrogen-bond acceptors (Lipinski definition) is 3. The second-order valence-electron chi connectivity index (χ2n) is 7.69. The Hall–Kier alpha value is -2.04. The number of nitrogens with one attached hydrogen (secondary N) is 1. The molecule has 0 aromatic heterocycles. The zero-order chi connectivity index (χ0) is 18.7. The molecule has 1 N–H and O–H groups in total. The minimum atomic E-state index is -0.503. The average molecular weight is 358 g/mol. The molecule has 0 saturated heterocycles. The number of unbranched alkanes of at least 4 members (excludes halogenated alkanes) is 1. The molecule has 1 aliphatic heterocycles. The van der Waals surface area contributed by atoms with Gasteiger partial charge in [0.15, 0.2) is 6.10 Å². The summed E-state index contributed by atoms with van der Waals surface area (Å²) in [6, 6.07) is 5.49.